The fourth-order valence-corrected chi connectivity index (χ4v) is 4.04. The highest BCUT2D eigenvalue weighted by Crippen LogP contribution is 2.19. The molecule has 0 aromatic heterocycles. The SMILES string of the molecule is Cc1ccc(C(=O)Nc2cccc(C#N)c2)cc1S(=O)(=O)NCc1ccccc1. The zero-order valence-electron chi connectivity index (χ0n) is 15.7. The minimum Gasteiger partial charge on any atom is -0.322 e. The Morgan fingerprint density at radius 2 is 1.76 bits per heavy atom. The first-order valence-corrected chi connectivity index (χ1v) is 10.3. The molecule has 0 heterocycles. The fourth-order valence-electron chi connectivity index (χ4n) is 2.75. The summed E-state index contributed by atoms with van der Waals surface area (Å²) in [4.78, 5) is 12.6. The standard InChI is InChI=1S/C22H19N3O3S/c1-16-10-11-19(22(26)25-20-9-5-8-18(12-20)14-23)13-21(16)29(27,28)24-15-17-6-3-2-4-7-17/h2-13,24H,15H2,1H3,(H,25,26). The van der Waals surface area contributed by atoms with Gasteiger partial charge in [0.25, 0.3) is 5.91 Å². The van der Waals surface area contributed by atoms with E-state index in [9.17, 15) is 13.2 Å². The molecule has 1 amide bonds. The van der Waals surface area contributed by atoms with Crippen molar-refractivity contribution in [2.75, 3.05) is 5.32 Å². The number of benzene rings is 3. The number of nitriles is 1. The Balaban J connectivity index is 1.81. The summed E-state index contributed by atoms with van der Waals surface area (Å²) in [7, 11) is -3.80. The number of amides is 1. The second kappa shape index (κ2) is 8.69. The van der Waals surface area contributed by atoms with E-state index in [2.05, 4.69) is 10.0 Å². The molecular weight excluding hydrogens is 386 g/mol. The number of rotatable bonds is 6. The van der Waals surface area contributed by atoms with Crippen LogP contribution >= 0.6 is 0 Å². The van der Waals surface area contributed by atoms with Crippen molar-refractivity contribution >= 4 is 21.6 Å². The lowest BCUT2D eigenvalue weighted by Crippen LogP contribution is -2.24. The lowest BCUT2D eigenvalue weighted by Gasteiger charge is -2.12. The van der Waals surface area contributed by atoms with Crippen LogP contribution in [0.3, 0.4) is 0 Å². The molecule has 0 saturated heterocycles. The van der Waals surface area contributed by atoms with Crippen molar-refractivity contribution in [2.45, 2.75) is 18.4 Å². The number of hydrogen-bond donors (Lipinski definition) is 2. The van der Waals surface area contributed by atoms with Gasteiger partial charge in [-0.3, -0.25) is 4.79 Å². The third-order valence-electron chi connectivity index (χ3n) is 4.30. The third kappa shape index (κ3) is 5.08. The zero-order chi connectivity index (χ0) is 20.9. The number of nitrogens with zero attached hydrogens (tertiary/aromatic N) is 1. The Bertz CT molecular complexity index is 1180. The van der Waals surface area contributed by atoms with E-state index in [1.807, 2.05) is 36.4 Å². The molecule has 0 radical (unpaired) electrons. The predicted molar refractivity (Wildman–Crippen MR) is 111 cm³/mol. The molecular formula is C22H19N3O3S. The summed E-state index contributed by atoms with van der Waals surface area (Å²) in [6.45, 7) is 1.83. The van der Waals surface area contributed by atoms with Crippen LogP contribution in [0.25, 0.3) is 0 Å². The van der Waals surface area contributed by atoms with Crippen molar-refractivity contribution in [2.24, 2.45) is 0 Å². The molecule has 3 aromatic rings. The summed E-state index contributed by atoms with van der Waals surface area (Å²) in [6, 6.07) is 22.2. The monoisotopic (exact) mass is 405 g/mol. The van der Waals surface area contributed by atoms with Crippen molar-refractivity contribution in [1.82, 2.24) is 4.72 Å². The summed E-state index contributed by atoms with van der Waals surface area (Å²) in [5.74, 6) is -0.459. The van der Waals surface area contributed by atoms with E-state index in [0.717, 1.165) is 5.56 Å². The molecule has 2 N–H and O–H groups in total. The van der Waals surface area contributed by atoms with E-state index in [4.69, 9.17) is 5.26 Å². The van der Waals surface area contributed by atoms with Crippen LogP contribution in [0.5, 0.6) is 0 Å². The summed E-state index contributed by atoms with van der Waals surface area (Å²) < 4.78 is 28.1. The molecule has 7 heteroatoms. The van der Waals surface area contributed by atoms with Crippen LogP contribution in [0.2, 0.25) is 0 Å². The molecule has 0 bridgehead atoms. The number of aryl methyl sites for hydroxylation is 1. The number of carbonyl (C=O) groups is 1. The van der Waals surface area contributed by atoms with Crippen molar-refractivity contribution in [3.05, 3.63) is 95.1 Å². The molecule has 0 fully saturated rings. The van der Waals surface area contributed by atoms with Crippen LogP contribution in [0, 0.1) is 18.3 Å². The summed E-state index contributed by atoms with van der Waals surface area (Å²) >= 11 is 0. The zero-order valence-corrected chi connectivity index (χ0v) is 16.5. The smallest absolute Gasteiger partial charge is 0.255 e. The largest absolute Gasteiger partial charge is 0.322 e. The van der Waals surface area contributed by atoms with Crippen LogP contribution in [-0.2, 0) is 16.6 Å². The summed E-state index contributed by atoms with van der Waals surface area (Å²) in [5, 5.41) is 11.6. The predicted octanol–water partition coefficient (Wildman–Crippen LogP) is 3.60. The van der Waals surface area contributed by atoms with Crippen LogP contribution in [-0.4, -0.2) is 14.3 Å². The van der Waals surface area contributed by atoms with Crippen LogP contribution in [0.4, 0.5) is 5.69 Å². The third-order valence-corrected chi connectivity index (χ3v) is 5.84. The van der Waals surface area contributed by atoms with E-state index < -0.39 is 15.9 Å². The summed E-state index contributed by atoms with van der Waals surface area (Å²) in [5.41, 5.74) is 2.45. The van der Waals surface area contributed by atoms with Crippen molar-refractivity contribution in [1.29, 1.82) is 5.26 Å². The molecule has 6 nitrogen and oxygen atoms in total. The fraction of sp³-hybridized carbons (Fsp3) is 0.0909. The van der Waals surface area contributed by atoms with Crippen LogP contribution in [0.1, 0.15) is 27.0 Å². The maximum atomic E-state index is 12.8. The van der Waals surface area contributed by atoms with Gasteiger partial charge in [0.1, 0.15) is 0 Å². The first-order chi connectivity index (χ1) is 13.9. The van der Waals surface area contributed by atoms with E-state index in [1.165, 1.54) is 6.07 Å². The Morgan fingerprint density at radius 1 is 1.00 bits per heavy atom. The number of anilines is 1. The van der Waals surface area contributed by atoms with Gasteiger partial charge >= 0.3 is 0 Å². The Kier molecular flexibility index (Phi) is 6.07. The topological polar surface area (TPSA) is 99.1 Å². The van der Waals surface area contributed by atoms with E-state index in [-0.39, 0.29) is 17.0 Å². The van der Waals surface area contributed by atoms with Gasteiger partial charge in [-0.1, -0.05) is 42.5 Å². The van der Waals surface area contributed by atoms with Gasteiger partial charge in [-0.05, 0) is 48.4 Å². The molecule has 3 rings (SSSR count). The average Bonchev–Trinajstić information content (AvgIpc) is 2.73. The highest BCUT2D eigenvalue weighted by Gasteiger charge is 2.19. The maximum absolute atomic E-state index is 12.8. The second-order valence-electron chi connectivity index (χ2n) is 6.44. The van der Waals surface area contributed by atoms with Crippen molar-refractivity contribution in [3.63, 3.8) is 0 Å². The lowest BCUT2D eigenvalue weighted by atomic mass is 10.1. The van der Waals surface area contributed by atoms with Gasteiger partial charge in [-0.25, -0.2) is 13.1 Å². The van der Waals surface area contributed by atoms with Gasteiger partial charge in [0.15, 0.2) is 0 Å². The average molecular weight is 405 g/mol. The number of sulfonamides is 1. The minimum atomic E-state index is -3.80. The highest BCUT2D eigenvalue weighted by molar-refractivity contribution is 7.89. The number of carbonyl (C=O) groups excluding carboxylic acids is 1. The van der Waals surface area contributed by atoms with E-state index in [0.29, 0.717) is 16.8 Å². The molecule has 146 valence electrons. The normalized spacial score (nSPS) is 10.9. The second-order valence-corrected chi connectivity index (χ2v) is 8.17. The molecule has 29 heavy (non-hydrogen) atoms. The van der Waals surface area contributed by atoms with Gasteiger partial charge in [-0.2, -0.15) is 5.26 Å². The molecule has 0 aliphatic rings. The summed E-state index contributed by atoms with van der Waals surface area (Å²) in [6.07, 6.45) is 0. The van der Waals surface area contributed by atoms with Gasteiger partial charge in [0, 0.05) is 17.8 Å². The Hall–Kier alpha value is -3.47. The highest BCUT2D eigenvalue weighted by atomic mass is 32.2. The molecule has 0 spiro atoms. The molecule has 0 aliphatic heterocycles. The Labute approximate surface area is 169 Å². The lowest BCUT2D eigenvalue weighted by molar-refractivity contribution is 0.102. The first-order valence-electron chi connectivity index (χ1n) is 8.85. The van der Waals surface area contributed by atoms with Crippen LogP contribution < -0.4 is 10.0 Å². The van der Waals surface area contributed by atoms with Gasteiger partial charge in [-0.15, -0.1) is 0 Å². The van der Waals surface area contributed by atoms with Gasteiger partial charge in [0.2, 0.25) is 10.0 Å². The molecule has 0 atom stereocenters. The number of nitrogens with one attached hydrogen (secondary N) is 2. The van der Waals surface area contributed by atoms with E-state index >= 15 is 0 Å². The first kappa shape index (κ1) is 20.3. The van der Waals surface area contributed by atoms with Crippen LogP contribution in [0.15, 0.2) is 77.7 Å². The molecule has 0 saturated carbocycles. The van der Waals surface area contributed by atoms with Gasteiger partial charge in [0.05, 0.1) is 16.5 Å². The number of hydrogen-bond acceptors (Lipinski definition) is 4. The van der Waals surface area contributed by atoms with Gasteiger partial charge < -0.3 is 5.32 Å². The molecule has 3 aromatic carbocycles. The van der Waals surface area contributed by atoms with Crippen molar-refractivity contribution < 1.29 is 13.2 Å². The minimum absolute atomic E-state index is 0.0480. The Morgan fingerprint density at radius 3 is 2.48 bits per heavy atom. The maximum Gasteiger partial charge on any atom is 0.255 e. The molecule has 0 unspecified atom stereocenters. The van der Waals surface area contributed by atoms with E-state index in [1.54, 1.807) is 43.3 Å². The van der Waals surface area contributed by atoms with Crippen molar-refractivity contribution in [3.8, 4) is 6.07 Å². The quantitative estimate of drug-likeness (QED) is 0.654. The molecule has 0 aliphatic carbocycles.